The van der Waals surface area contributed by atoms with E-state index in [0.717, 1.165) is 50.8 Å². The Balaban J connectivity index is 1.27. The van der Waals surface area contributed by atoms with E-state index in [9.17, 15) is 9.90 Å². The molecule has 1 saturated heterocycles. The molecule has 1 amide bonds. The number of aromatic nitrogens is 2. The van der Waals surface area contributed by atoms with Crippen LogP contribution in [0.1, 0.15) is 15.4 Å². The first kappa shape index (κ1) is 17.9. The molecule has 1 aromatic carbocycles. The average Bonchev–Trinajstić information content (AvgIpc) is 3.15. The van der Waals surface area contributed by atoms with E-state index in [1.807, 2.05) is 17.0 Å². The Kier molecular flexibility index (Phi) is 3.91. The van der Waals surface area contributed by atoms with Gasteiger partial charge in [0.15, 0.2) is 0 Å². The maximum absolute atomic E-state index is 13.0. The van der Waals surface area contributed by atoms with Crippen molar-refractivity contribution >= 4 is 49.7 Å². The summed E-state index contributed by atoms with van der Waals surface area (Å²) < 4.78 is 0.990. The third-order valence-electron chi connectivity index (χ3n) is 6.53. The van der Waals surface area contributed by atoms with Crippen LogP contribution in [0.15, 0.2) is 42.6 Å². The quantitative estimate of drug-likeness (QED) is 0.465. The third-order valence-corrected chi connectivity index (χ3v) is 7.67. The fourth-order valence-corrected chi connectivity index (χ4v) is 5.95. The molecule has 0 radical (unpaired) electrons. The van der Waals surface area contributed by atoms with E-state index < -0.39 is 0 Å². The zero-order chi connectivity index (χ0) is 20.4. The van der Waals surface area contributed by atoms with Gasteiger partial charge in [-0.1, -0.05) is 0 Å². The number of hydrogen-bond acceptors (Lipinski definition) is 5. The summed E-state index contributed by atoms with van der Waals surface area (Å²) in [6.07, 6.45) is 1.78. The summed E-state index contributed by atoms with van der Waals surface area (Å²) in [5.74, 6) is 1.44. The molecule has 2 aliphatic rings. The molecule has 4 aromatic rings. The Hall–Kier alpha value is -2.90. The van der Waals surface area contributed by atoms with Crippen molar-refractivity contribution in [3.05, 3.63) is 53.2 Å². The van der Waals surface area contributed by atoms with Gasteiger partial charge in [-0.3, -0.25) is 9.78 Å². The molecule has 0 spiro atoms. The van der Waals surface area contributed by atoms with Crippen LogP contribution in [0.3, 0.4) is 0 Å². The number of piperidine rings is 1. The highest BCUT2D eigenvalue weighted by atomic mass is 32.1. The second-order valence-corrected chi connectivity index (χ2v) is 9.50. The van der Waals surface area contributed by atoms with Gasteiger partial charge in [-0.15, -0.1) is 11.3 Å². The first-order valence-electron chi connectivity index (χ1n) is 10.3. The van der Waals surface area contributed by atoms with Gasteiger partial charge in [0.05, 0.1) is 20.8 Å². The van der Waals surface area contributed by atoms with Crippen molar-refractivity contribution in [3.8, 4) is 0 Å². The number of carbonyl (C=O) groups is 1. The SMILES string of the molecule is Cc1cc2cc(Nc3ccnc4cc(C(=O)N5CC6C(CO)C6C5)sc34)ccc2[nH]1. The van der Waals surface area contributed by atoms with Gasteiger partial charge in [0.2, 0.25) is 0 Å². The van der Waals surface area contributed by atoms with Crippen LogP contribution < -0.4 is 5.32 Å². The number of nitrogens with zero attached hydrogens (tertiary/aromatic N) is 2. The summed E-state index contributed by atoms with van der Waals surface area (Å²) in [5, 5.41) is 14.0. The van der Waals surface area contributed by atoms with E-state index in [4.69, 9.17) is 0 Å². The summed E-state index contributed by atoms with van der Waals surface area (Å²) in [4.78, 5) is 23.5. The zero-order valence-corrected chi connectivity index (χ0v) is 17.4. The molecule has 1 saturated carbocycles. The number of H-pyrrole nitrogens is 1. The highest BCUT2D eigenvalue weighted by Gasteiger charge is 2.56. The van der Waals surface area contributed by atoms with Gasteiger partial charge >= 0.3 is 0 Å². The van der Waals surface area contributed by atoms with Crippen LogP contribution >= 0.6 is 11.3 Å². The molecule has 2 unspecified atom stereocenters. The largest absolute Gasteiger partial charge is 0.396 e. The summed E-state index contributed by atoms with van der Waals surface area (Å²) in [6, 6.07) is 12.2. The lowest BCUT2D eigenvalue weighted by Crippen LogP contribution is -2.31. The molecule has 7 heteroatoms. The highest BCUT2D eigenvalue weighted by molar-refractivity contribution is 7.21. The van der Waals surface area contributed by atoms with Crippen molar-refractivity contribution in [1.82, 2.24) is 14.9 Å². The molecular weight excluding hydrogens is 396 g/mol. The number of fused-ring (bicyclic) bond motifs is 3. The molecule has 2 fully saturated rings. The van der Waals surface area contributed by atoms with Crippen LogP contribution in [-0.4, -0.2) is 45.6 Å². The first-order chi connectivity index (χ1) is 14.6. The summed E-state index contributed by atoms with van der Waals surface area (Å²) in [6.45, 7) is 3.82. The van der Waals surface area contributed by atoms with Crippen molar-refractivity contribution < 1.29 is 9.90 Å². The highest BCUT2D eigenvalue weighted by Crippen LogP contribution is 2.51. The second-order valence-electron chi connectivity index (χ2n) is 8.45. The molecule has 4 heterocycles. The number of benzene rings is 1. The number of rotatable bonds is 4. The van der Waals surface area contributed by atoms with Crippen LogP contribution in [0.4, 0.5) is 11.4 Å². The lowest BCUT2D eigenvalue weighted by molar-refractivity contribution is 0.0765. The number of nitrogens with one attached hydrogen (secondary N) is 2. The Labute approximate surface area is 177 Å². The fourth-order valence-electron chi connectivity index (χ4n) is 4.89. The monoisotopic (exact) mass is 418 g/mol. The number of carbonyl (C=O) groups excluding carboxylic acids is 1. The van der Waals surface area contributed by atoms with Crippen molar-refractivity contribution in [1.29, 1.82) is 0 Å². The van der Waals surface area contributed by atoms with Gasteiger partial charge in [0.1, 0.15) is 0 Å². The topological polar surface area (TPSA) is 81.2 Å². The molecule has 1 aliphatic heterocycles. The molecule has 6 nitrogen and oxygen atoms in total. The lowest BCUT2D eigenvalue weighted by Gasteiger charge is -2.18. The molecule has 1 aliphatic carbocycles. The minimum Gasteiger partial charge on any atom is -0.396 e. The Morgan fingerprint density at radius 1 is 1.27 bits per heavy atom. The smallest absolute Gasteiger partial charge is 0.264 e. The fraction of sp³-hybridized carbons (Fsp3) is 0.304. The van der Waals surface area contributed by atoms with Crippen molar-refractivity contribution in [2.24, 2.45) is 17.8 Å². The Morgan fingerprint density at radius 3 is 2.90 bits per heavy atom. The van der Waals surface area contributed by atoms with Gasteiger partial charge in [-0.25, -0.2) is 0 Å². The van der Waals surface area contributed by atoms with E-state index in [1.165, 1.54) is 16.7 Å². The molecule has 3 aromatic heterocycles. The number of aliphatic hydroxyl groups excluding tert-OH is 1. The van der Waals surface area contributed by atoms with Crippen molar-refractivity contribution in [3.63, 3.8) is 0 Å². The van der Waals surface area contributed by atoms with E-state index in [2.05, 4.69) is 46.5 Å². The summed E-state index contributed by atoms with van der Waals surface area (Å²) in [5.41, 5.74) is 5.06. The van der Waals surface area contributed by atoms with Crippen LogP contribution in [0, 0.1) is 24.7 Å². The number of likely N-dealkylation sites (tertiary alicyclic amines) is 1. The van der Waals surface area contributed by atoms with Gasteiger partial charge in [-0.05, 0) is 61.1 Å². The third kappa shape index (κ3) is 2.80. The lowest BCUT2D eigenvalue weighted by atomic mass is 10.2. The maximum atomic E-state index is 13.0. The second kappa shape index (κ2) is 6.55. The first-order valence-corrected chi connectivity index (χ1v) is 11.1. The minimum atomic E-state index is 0.0806. The van der Waals surface area contributed by atoms with E-state index in [0.29, 0.717) is 17.8 Å². The maximum Gasteiger partial charge on any atom is 0.264 e. The molecule has 30 heavy (non-hydrogen) atoms. The molecule has 6 rings (SSSR count). The number of hydrogen-bond donors (Lipinski definition) is 3. The number of aromatic amines is 1. The minimum absolute atomic E-state index is 0.0806. The van der Waals surface area contributed by atoms with Gasteiger partial charge in [0.25, 0.3) is 5.91 Å². The zero-order valence-electron chi connectivity index (χ0n) is 16.6. The van der Waals surface area contributed by atoms with Crippen molar-refractivity contribution in [2.75, 3.05) is 25.0 Å². The molecule has 2 atom stereocenters. The molecule has 0 bridgehead atoms. The molecule has 3 N–H and O–H groups in total. The molecular formula is C23H22N4O2S. The number of amides is 1. The van der Waals surface area contributed by atoms with Gasteiger partial charge in [-0.2, -0.15) is 0 Å². The predicted molar refractivity (Wildman–Crippen MR) is 119 cm³/mol. The van der Waals surface area contributed by atoms with Crippen LogP contribution in [0.25, 0.3) is 21.1 Å². The number of anilines is 2. The van der Waals surface area contributed by atoms with Crippen LogP contribution in [0.5, 0.6) is 0 Å². The van der Waals surface area contributed by atoms with E-state index >= 15 is 0 Å². The van der Waals surface area contributed by atoms with E-state index in [-0.39, 0.29) is 12.5 Å². The number of pyridine rings is 1. The summed E-state index contributed by atoms with van der Waals surface area (Å²) in [7, 11) is 0. The Morgan fingerprint density at radius 2 is 2.10 bits per heavy atom. The summed E-state index contributed by atoms with van der Waals surface area (Å²) >= 11 is 1.50. The van der Waals surface area contributed by atoms with Crippen molar-refractivity contribution in [2.45, 2.75) is 6.92 Å². The normalized spacial score (nSPS) is 22.6. The predicted octanol–water partition coefficient (Wildman–Crippen LogP) is 4.14. The number of aryl methyl sites for hydroxylation is 1. The van der Waals surface area contributed by atoms with Crippen LogP contribution in [-0.2, 0) is 0 Å². The van der Waals surface area contributed by atoms with Crippen LogP contribution in [0.2, 0.25) is 0 Å². The van der Waals surface area contributed by atoms with E-state index in [1.54, 1.807) is 6.20 Å². The molecule has 152 valence electrons. The number of thiophene rings is 1. The van der Waals surface area contributed by atoms with Gasteiger partial charge < -0.3 is 20.3 Å². The van der Waals surface area contributed by atoms with Gasteiger partial charge in [0, 0.05) is 48.2 Å². The Bertz CT molecular complexity index is 1280. The number of aliphatic hydroxyl groups is 1. The average molecular weight is 419 g/mol. The standard InChI is InChI=1S/C23H22N4O2S/c1-12-6-13-7-14(2-3-18(13)25-12)26-19-4-5-24-20-8-21(30-22(19)20)23(29)27-9-15-16(10-27)17(15)11-28/h2-8,15-17,25,28H,9-11H2,1H3,(H,24,26).